The molecule has 0 aliphatic carbocycles. The molecule has 0 spiro atoms. The Balaban J connectivity index is 1.69. The molecule has 0 aliphatic rings. The van der Waals surface area contributed by atoms with Gasteiger partial charge in [0.25, 0.3) is 5.91 Å². The van der Waals surface area contributed by atoms with Crippen molar-refractivity contribution in [3.8, 4) is 5.75 Å². The molecule has 0 radical (unpaired) electrons. The Morgan fingerprint density at radius 3 is 2.29 bits per heavy atom. The number of benzene rings is 2. The minimum Gasteiger partial charge on any atom is -0.497 e. The van der Waals surface area contributed by atoms with E-state index in [1.165, 1.54) is 5.56 Å². The van der Waals surface area contributed by atoms with Crippen molar-refractivity contribution in [3.63, 3.8) is 0 Å². The Bertz CT molecular complexity index is 943. The van der Waals surface area contributed by atoms with Crippen molar-refractivity contribution in [2.24, 2.45) is 0 Å². The molecule has 5 heteroatoms. The first-order chi connectivity index (χ1) is 13.4. The van der Waals surface area contributed by atoms with Gasteiger partial charge in [0.1, 0.15) is 11.6 Å². The van der Waals surface area contributed by atoms with Crippen LogP contribution in [0.3, 0.4) is 0 Å². The van der Waals surface area contributed by atoms with E-state index >= 15 is 0 Å². The van der Waals surface area contributed by atoms with Gasteiger partial charge in [-0.15, -0.1) is 0 Å². The molecule has 0 bridgehead atoms. The molecular formula is C23H25N3O2. The third kappa shape index (κ3) is 4.68. The number of hydrogen-bond acceptors (Lipinski definition) is 4. The predicted octanol–water partition coefficient (Wildman–Crippen LogP) is 5.38. The molecule has 144 valence electrons. The highest BCUT2D eigenvalue weighted by Gasteiger charge is 2.17. The lowest BCUT2D eigenvalue weighted by Crippen LogP contribution is -2.14. The van der Waals surface area contributed by atoms with Crippen LogP contribution in [-0.4, -0.2) is 18.0 Å². The second-order valence-corrected chi connectivity index (χ2v) is 7.54. The smallest absolute Gasteiger partial charge is 0.255 e. The molecule has 0 unspecified atom stereocenters. The van der Waals surface area contributed by atoms with Gasteiger partial charge in [-0.1, -0.05) is 39.0 Å². The summed E-state index contributed by atoms with van der Waals surface area (Å²) in [5, 5.41) is 6.22. The van der Waals surface area contributed by atoms with Crippen LogP contribution in [0.15, 0.2) is 66.9 Å². The Morgan fingerprint density at radius 2 is 1.68 bits per heavy atom. The first kappa shape index (κ1) is 19.4. The van der Waals surface area contributed by atoms with E-state index in [2.05, 4.69) is 42.5 Å². The highest BCUT2D eigenvalue weighted by atomic mass is 16.5. The number of aromatic nitrogens is 1. The SMILES string of the molecule is COc1ccc(C(=O)Nc2ccc(Nc3ccccc3C(C)(C)C)nc2)cc1. The number of nitrogens with zero attached hydrogens (tertiary/aromatic N) is 1. The van der Waals surface area contributed by atoms with Gasteiger partial charge < -0.3 is 15.4 Å². The number of carbonyl (C=O) groups is 1. The number of carbonyl (C=O) groups excluding carboxylic acids is 1. The lowest BCUT2D eigenvalue weighted by molar-refractivity contribution is 0.102. The van der Waals surface area contributed by atoms with Gasteiger partial charge in [0.05, 0.1) is 19.0 Å². The van der Waals surface area contributed by atoms with Crippen LogP contribution in [-0.2, 0) is 5.41 Å². The molecule has 0 saturated heterocycles. The summed E-state index contributed by atoms with van der Waals surface area (Å²) in [6, 6.07) is 18.8. The zero-order valence-corrected chi connectivity index (χ0v) is 16.6. The van der Waals surface area contributed by atoms with E-state index in [1.54, 1.807) is 37.6 Å². The van der Waals surface area contributed by atoms with Crippen LogP contribution in [0.1, 0.15) is 36.7 Å². The van der Waals surface area contributed by atoms with Crippen LogP contribution in [0.2, 0.25) is 0 Å². The number of anilines is 3. The Morgan fingerprint density at radius 1 is 0.964 bits per heavy atom. The van der Waals surface area contributed by atoms with Crippen LogP contribution in [0.25, 0.3) is 0 Å². The van der Waals surface area contributed by atoms with E-state index in [0.29, 0.717) is 17.0 Å². The van der Waals surface area contributed by atoms with Gasteiger partial charge in [0.15, 0.2) is 0 Å². The van der Waals surface area contributed by atoms with Crippen molar-refractivity contribution >= 4 is 23.1 Å². The first-order valence-electron chi connectivity index (χ1n) is 9.15. The molecule has 2 aromatic carbocycles. The third-order valence-corrected chi connectivity index (χ3v) is 4.37. The Labute approximate surface area is 165 Å². The third-order valence-electron chi connectivity index (χ3n) is 4.37. The highest BCUT2D eigenvalue weighted by molar-refractivity contribution is 6.04. The van der Waals surface area contributed by atoms with Gasteiger partial charge in [0.2, 0.25) is 0 Å². The maximum Gasteiger partial charge on any atom is 0.255 e. The second-order valence-electron chi connectivity index (χ2n) is 7.54. The standard InChI is InChI=1S/C23H25N3O2/c1-23(2,3)19-7-5-6-8-20(19)26-21-14-11-17(15-24-21)25-22(27)16-9-12-18(28-4)13-10-16/h5-15H,1-4H3,(H,24,26)(H,25,27). The highest BCUT2D eigenvalue weighted by Crippen LogP contribution is 2.31. The van der Waals surface area contributed by atoms with Crippen LogP contribution in [0, 0.1) is 0 Å². The molecule has 28 heavy (non-hydrogen) atoms. The molecule has 0 fully saturated rings. The fourth-order valence-electron chi connectivity index (χ4n) is 2.87. The summed E-state index contributed by atoms with van der Waals surface area (Å²) >= 11 is 0. The number of pyridine rings is 1. The van der Waals surface area contributed by atoms with Crippen LogP contribution < -0.4 is 15.4 Å². The summed E-state index contributed by atoms with van der Waals surface area (Å²) in [5.41, 5.74) is 3.46. The van der Waals surface area contributed by atoms with Crippen LogP contribution in [0.4, 0.5) is 17.2 Å². The van der Waals surface area contributed by atoms with E-state index in [4.69, 9.17) is 4.74 Å². The molecule has 5 nitrogen and oxygen atoms in total. The maximum absolute atomic E-state index is 12.3. The Kier molecular flexibility index (Phi) is 5.64. The van der Waals surface area contributed by atoms with E-state index in [9.17, 15) is 4.79 Å². The summed E-state index contributed by atoms with van der Waals surface area (Å²) in [6.07, 6.45) is 1.64. The van der Waals surface area contributed by atoms with Crippen molar-refractivity contribution < 1.29 is 9.53 Å². The number of nitrogens with one attached hydrogen (secondary N) is 2. The topological polar surface area (TPSA) is 63.2 Å². The number of hydrogen-bond donors (Lipinski definition) is 2. The molecule has 0 saturated carbocycles. The van der Waals surface area contributed by atoms with E-state index in [1.807, 2.05) is 30.3 Å². The fourth-order valence-corrected chi connectivity index (χ4v) is 2.87. The number of para-hydroxylation sites is 1. The number of ether oxygens (including phenoxy) is 1. The average molecular weight is 375 g/mol. The van der Waals surface area contributed by atoms with Crippen molar-refractivity contribution in [1.29, 1.82) is 0 Å². The normalized spacial score (nSPS) is 11.0. The lowest BCUT2D eigenvalue weighted by atomic mass is 9.86. The van der Waals surface area contributed by atoms with Crippen molar-refractivity contribution in [2.75, 3.05) is 17.7 Å². The predicted molar refractivity (Wildman–Crippen MR) is 114 cm³/mol. The quantitative estimate of drug-likeness (QED) is 0.628. The van der Waals surface area contributed by atoms with E-state index in [0.717, 1.165) is 11.5 Å². The molecule has 1 heterocycles. The molecule has 2 N–H and O–H groups in total. The van der Waals surface area contributed by atoms with Gasteiger partial charge in [-0.05, 0) is 53.4 Å². The molecule has 1 amide bonds. The van der Waals surface area contributed by atoms with Crippen molar-refractivity contribution in [3.05, 3.63) is 78.0 Å². The minimum absolute atomic E-state index is 0.0237. The van der Waals surface area contributed by atoms with Crippen molar-refractivity contribution in [2.45, 2.75) is 26.2 Å². The van der Waals surface area contributed by atoms with E-state index in [-0.39, 0.29) is 11.3 Å². The first-order valence-corrected chi connectivity index (χ1v) is 9.15. The zero-order chi connectivity index (χ0) is 20.1. The minimum atomic E-state index is -0.191. The average Bonchev–Trinajstić information content (AvgIpc) is 2.69. The van der Waals surface area contributed by atoms with Crippen LogP contribution >= 0.6 is 0 Å². The number of amides is 1. The summed E-state index contributed by atoms with van der Waals surface area (Å²) in [6.45, 7) is 6.54. The zero-order valence-electron chi connectivity index (χ0n) is 16.6. The summed E-state index contributed by atoms with van der Waals surface area (Å²) in [5.74, 6) is 1.24. The lowest BCUT2D eigenvalue weighted by Gasteiger charge is -2.23. The molecule has 3 rings (SSSR count). The van der Waals surface area contributed by atoms with Crippen LogP contribution in [0.5, 0.6) is 5.75 Å². The van der Waals surface area contributed by atoms with Gasteiger partial charge >= 0.3 is 0 Å². The molecule has 0 atom stereocenters. The largest absolute Gasteiger partial charge is 0.497 e. The molecule has 3 aromatic rings. The molecule has 0 aliphatic heterocycles. The van der Waals surface area contributed by atoms with Gasteiger partial charge in [-0.2, -0.15) is 0 Å². The Hall–Kier alpha value is -3.34. The summed E-state index contributed by atoms with van der Waals surface area (Å²) < 4.78 is 5.11. The van der Waals surface area contributed by atoms with Gasteiger partial charge in [0, 0.05) is 11.3 Å². The van der Waals surface area contributed by atoms with E-state index < -0.39 is 0 Å². The molecule has 1 aromatic heterocycles. The number of rotatable bonds is 5. The maximum atomic E-state index is 12.3. The molecular weight excluding hydrogens is 350 g/mol. The second kappa shape index (κ2) is 8.13. The number of methoxy groups -OCH3 is 1. The van der Waals surface area contributed by atoms with Gasteiger partial charge in [-0.25, -0.2) is 4.98 Å². The monoisotopic (exact) mass is 375 g/mol. The van der Waals surface area contributed by atoms with Gasteiger partial charge in [-0.3, -0.25) is 4.79 Å². The summed E-state index contributed by atoms with van der Waals surface area (Å²) in [7, 11) is 1.59. The van der Waals surface area contributed by atoms with Crippen molar-refractivity contribution in [1.82, 2.24) is 4.98 Å². The fraction of sp³-hybridized carbons (Fsp3) is 0.217. The summed E-state index contributed by atoms with van der Waals surface area (Å²) in [4.78, 5) is 16.8.